The molecule has 0 radical (unpaired) electrons. The maximum Gasteiger partial charge on any atom is 0.257 e. The summed E-state index contributed by atoms with van der Waals surface area (Å²) >= 11 is 6.30. The number of pyridine rings is 1. The average Bonchev–Trinajstić information content (AvgIpc) is 2.75. The lowest BCUT2D eigenvalue weighted by molar-refractivity contribution is 0.102. The number of nitrogens with one attached hydrogen (secondary N) is 1. The van der Waals surface area contributed by atoms with Crippen LogP contribution in [-0.2, 0) is 4.74 Å². The lowest BCUT2D eigenvalue weighted by Gasteiger charge is -2.29. The van der Waals surface area contributed by atoms with E-state index in [1.165, 1.54) is 0 Å². The Morgan fingerprint density at radius 2 is 1.86 bits per heavy atom. The molecule has 1 aliphatic rings. The number of halogens is 1. The van der Waals surface area contributed by atoms with Crippen molar-refractivity contribution in [2.75, 3.05) is 36.5 Å². The maximum absolute atomic E-state index is 13.0. The first-order chi connectivity index (χ1) is 14.1. The van der Waals surface area contributed by atoms with Crippen LogP contribution in [0.25, 0.3) is 11.3 Å². The van der Waals surface area contributed by atoms with E-state index >= 15 is 0 Å². The molecule has 0 bridgehead atoms. The lowest BCUT2D eigenvalue weighted by Crippen LogP contribution is -2.36. The summed E-state index contributed by atoms with van der Waals surface area (Å²) in [6, 6.07) is 17.2. The highest BCUT2D eigenvalue weighted by molar-refractivity contribution is 6.34. The van der Waals surface area contributed by atoms with Gasteiger partial charge in [0.1, 0.15) is 0 Å². The van der Waals surface area contributed by atoms with Crippen molar-refractivity contribution in [1.82, 2.24) is 4.98 Å². The van der Waals surface area contributed by atoms with Gasteiger partial charge >= 0.3 is 0 Å². The van der Waals surface area contributed by atoms with Crippen LogP contribution in [0, 0.1) is 6.92 Å². The molecule has 148 valence electrons. The Hall–Kier alpha value is -2.89. The summed E-state index contributed by atoms with van der Waals surface area (Å²) in [6.07, 6.45) is 1.85. The van der Waals surface area contributed by atoms with Crippen LogP contribution < -0.4 is 10.2 Å². The fraction of sp³-hybridized carbons (Fsp3) is 0.217. The minimum Gasteiger partial charge on any atom is -0.378 e. The minimum absolute atomic E-state index is 0.256. The fourth-order valence-electron chi connectivity index (χ4n) is 3.36. The molecular formula is C23H22ClN3O2. The van der Waals surface area contributed by atoms with Gasteiger partial charge in [-0.15, -0.1) is 0 Å². The highest BCUT2D eigenvalue weighted by atomic mass is 35.5. The number of amides is 1. The van der Waals surface area contributed by atoms with Crippen LogP contribution in [0.5, 0.6) is 0 Å². The highest BCUT2D eigenvalue weighted by Gasteiger charge is 2.18. The molecule has 29 heavy (non-hydrogen) atoms. The largest absolute Gasteiger partial charge is 0.378 e. The van der Waals surface area contributed by atoms with Crippen molar-refractivity contribution in [2.45, 2.75) is 6.92 Å². The molecule has 0 aliphatic carbocycles. The molecule has 6 heteroatoms. The Bertz CT molecular complexity index is 1020. The second-order valence-electron chi connectivity index (χ2n) is 6.99. The van der Waals surface area contributed by atoms with Gasteiger partial charge in [0.2, 0.25) is 0 Å². The molecule has 2 aromatic carbocycles. The van der Waals surface area contributed by atoms with E-state index in [9.17, 15) is 4.79 Å². The number of aromatic nitrogens is 1. The number of morpholine rings is 1. The van der Waals surface area contributed by atoms with Crippen LogP contribution in [0.3, 0.4) is 0 Å². The van der Waals surface area contributed by atoms with Gasteiger partial charge in [-0.2, -0.15) is 0 Å². The summed E-state index contributed by atoms with van der Waals surface area (Å²) in [5.41, 5.74) is 4.71. The minimum atomic E-state index is -0.256. The van der Waals surface area contributed by atoms with Gasteiger partial charge in [-0.3, -0.25) is 9.78 Å². The molecule has 2 heterocycles. The summed E-state index contributed by atoms with van der Waals surface area (Å²) in [5.74, 6) is -0.256. The Balaban J connectivity index is 1.70. The number of carbonyl (C=O) groups is 1. The van der Waals surface area contributed by atoms with Crippen molar-refractivity contribution in [3.05, 3.63) is 76.9 Å². The van der Waals surface area contributed by atoms with E-state index < -0.39 is 0 Å². The van der Waals surface area contributed by atoms with Gasteiger partial charge in [0, 0.05) is 18.7 Å². The van der Waals surface area contributed by atoms with E-state index in [4.69, 9.17) is 16.3 Å². The summed E-state index contributed by atoms with van der Waals surface area (Å²) in [6.45, 7) is 4.89. The van der Waals surface area contributed by atoms with Crippen molar-refractivity contribution in [3.63, 3.8) is 0 Å². The van der Waals surface area contributed by atoms with Crippen LogP contribution in [0.1, 0.15) is 15.9 Å². The van der Waals surface area contributed by atoms with Crippen molar-refractivity contribution >= 4 is 28.9 Å². The van der Waals surface area contributed by atoms with Crippen LogP contribution >= 0.6 is 11.6 Å². The highest BCUT2D eigenvalue weighted by Crippen LogP contribution is 2.31. The zero-order chi connectivity index (χ0) is 20.2. The van der Waals surface area contributed by atoms with Gasteiger partial charge in [0.05, 0.1) is 47.1 Å². The van der Waals surface area contributed by atoms with Crippen LogP contribution in [0.2, 0.25) is 5.02 Å². The number of aryl methyl sites for hydroxylation is 1. The molecule has 0 spiro atoms. The maximum atomic E-state index is 13.0. The van der Waals surface area contributed by atoms with Gasteiger partial charge in [-0.1, -0.05) is 48.0 Å². The van der Waals surface area contributed by atoms with Crippen molar-refractivity contribution < 1.29 is 9.53 Å². The summed E-state index contributed by atoms with van der Waals surface area (Å²) in [5, 5.41) is 3.45. The molecule has 4 rings (SSSR count). The second kappa shape index (κ2) is 8.64. The molecule has 0 atom stereocenters. The Morgan fingerprint density at radius 3 is 2.59 bits per heavy atom. The van der Waals surface area contributed by atoms with Crippen LogP contribution in [-0.4, -0.2) is 37.2 Å². The molecule has 3 aromatic rings. The zero-order valence-corrected chi connectivity index (χ0v) is 16.9. The molecule has 1 N–H and O–H groups in total. The topological polar surface area (TPSA) is 54.5 Å². The molecular weight excluding hydrogens is 386 g/mol. The van der Waals surface area contributed by atoms with E-state index in [1.807, 2.05) is 55.6 Å². The zero-order valence-electron chi connectivity index (χ0n) is 16.2. The number of benzene rings is 2. The number of hydrogen-bond acceptors (Lipinski definition) is 4. The summed E-state index contributed by atoms with van der Waals surface area (Å²) in [4.78, 5) is 19.8. The predicted octanol–water partition coefficient (Wildman–Crippen LogP) is 4.80. The quantitative estimate of drug-likeness (QED) is 0.675. The third-order valence-corrected chi connectivity index (χ3v) is 5.23. The first-order valence-electron chi connectivity index (χ1n) is 9.57. The smallest absolute Gasteiger partial charge is 0.257 e. The molecule has 1 aromatic heterocycles. The van der Waals surface area contributed by atoms with E-state index in [2.05, 4.69) is 15.2 Å². The number of carbonyl (C=O) groups excluding carboxylic acids is 1. The second-order valence-corrected chi connectivity index (χ2v) is 7.40. The lowest BCUT2D eigenvalue weighted by atomic mass is 10.1. The Labute approximate surface area is 175 Å². The van der Waals surface area contributed by atoms with Crippen molar-refractivity contribution in [3.8, 4) is 11.3 Å². The number of nitrogens with zero attached hydrogens (tertiary/aromatic N) is 2. The van der Waals surface area contributed by atoms with Crippen molar-refractivity contribution in [1.29, 1.82) is 0 Å². The third kappa shape index (κ3) is 4.42. The predicted molar refractivity (Wildman–Crippen MR) is 117 cm³/mol. The first-order valence-corrected chi connectivity index (χ1v) is 9.95. The number of rotatable bonds is 4. The van der Waals surface area contributed by atoms with E-state index in [-0.39, 0.29) is 5.91 Å². The van der Waals surface area contributed by atoms with E-state index in [0.717, 1.165) is 35.6 Å². The fourth-order valence-corrected chi connectivity index (χ4v) is 3.68. The van der Waals surface area contributed by atoms with Crippen LogP contribution in [0.15, 0.2) is 60.8 Å². The number of hydrogen-bond donors (Lipinski definition) is 1. The number of anilines is 2. The summed E-state index contributed by atoms with van der Waals surface area (Å²) < 4.78 is 5.44. The molecule has 0 saturated carbocycles. The Kier molecular flexibility index (Phi) is 5.79. The first kappa shape index (κ1) is 19.4. The monoisotopic (exact) mass is 407 g/mol. The van der Waals surface area contributed by atoms with E-state index in [1.54, 1.807) is 12.1 Å². The van der Waals surface area contributed by atoms with Crippen molar-refractivity contribution in [2.24, 2.45) is 0 Å². The van der Waals surface area contributed by atoms with E-state index in [0.29, 0.717) is 29.5 Å². The normalized spacial score (nSPS) is 13.9. The molecule has 1 aliphatic heterocycles. The molecule has 1 saturated heterocycles. The Morgan fingerprint density at radius 1 is 1.10 bits per heavy atom. The molecule has 1 fully saturated rings. The van der Waals surface area contributed by atoms with Gasteiger partial charge in [0.25, 0.3) is 5.91 Å². The van der Waals surface area contributed by atoms with Crippen LogP contribution in [0.4, 0.5) is 11.4 Å². The molecule has 1 amide bonds. The van der Waals surface area contributed by atoms with Gasteiger partial charge in [-0.25, -0.2) is 0 Å². The van der Waals surface area contributed by atoms with Gasteiger partial charge in [-0.05, 0) is 30.7 Å². The third-order valence-electron chi connectivity index (χ3n) is 4.91. The number of ether oxygens (including phenoxy) is 1. The summed E-state index contributed by atoms with van der Waals surface area (Å²) in [7, 11) is 0. The van der Waals surface area contributed by atoms with Gasteiger partial charge in [0.15, 0.2) is 0 Å². The van der Waals surface area contributed by atoms with Gasteiger partial charge < -0.3 is 15.0 Å². The average molecular weight is 408 g/mol. The molecule has 0 unspecified atom stereocenters. The standard InChI is InChI=1S/C23H22ClN3O2/c1-16-7-8-19(20(24)13-16)23(28)26-21-14-18(27-9-11-29-12-10-27)15-25-22(21)17-5-3-2-4-6-17/h2-8,13-15H,9-12H2,1H3,(H,26,28). The molecule has 5 nitrogen and oxygen atoms in total. The SMILES string of the molecule is Cc1ccc(C(=O)Nc2cc(N3CCOCC3)cnc2-c2ccccc2)c(Cl)c1.